The number of sulfonamides is 1. The first-order valence-electron chi connectivity index (χ1n) is 5.68. The maximum atomic E-state index is 12.3. The van der Waals surface area contributed by atoms with Gasteiger partial charge in [0.1, 0.15) is 0 Å². The van der Waals surface area contributed by atoms with Crippen LogP contribution in [0, 0.1) is 0 Å². The Morgan fingerprint density at radius 2 is 1.90 bits per heavy atom. The molecule has 1 aromatic heterocycles. The van der Waals surface area contributed by atoms with E-state index in [0.717, 1.165) is 4.31 Å². The van der Waals surface area contributed by atoms with Crippen molar-refractivity contribution in [1.29, 1.82) is 0 Å². The highest BCUT2D eigenvalue weighted by molar-refractivity contribution is 7.89. The molecule has 0 fully saturated rings. The van der Waals surface area contributed by atoms with Crippen LogP contribution in [0.15, 0.2) is 46.0 Å². The first-order valence-corrected chi connectivity index (χ1v) is 8.44. The zero-order valence-corrected chi connectivity index (χ0v) is 13.0. The van der Waals surface area contributed by atoms with Gasteiger partial charge < -0.3 is 0 Å². The second-order valence-electron chi connectivity index (χ2n) is 4.15. The highest BCUT2D eigenvalue weighted by Gasteiger charge is 2.23. The largest absolute Gasteiger partial charge is 0.293 e. The van der Waals surface area contributed by atoms with Gasteiger partial charge in [0.05, 0.1) is 11.4 Å². The summed E-state index contributed by atoms with van der Waals surface area (Å²) in [5.41, 5.74) is 0.521. The van der Waals surface area contributed by atoms with Crippen LogP contribution in [0.1, 0.15) is 10.4 Å². The average Bonchev–Trinajstić information content (AvgIpc) is 2.93. The Hall–Kier alpha value is -1.21. The van der Waals surface area contributed by atoms with E-state index < -0.39 is 10.0 Å². The van der Waals surface area contributed by atoms with E-state index in [1.807, 2.05) is 0 Å². The van der Waals surface area contributed by atoms with Crippen molar-refractivity contribution in [3.8, 4) is 0 Å². The number of carbonyl (C=O) groups excluding carboxylic acids is 1. The molecule has 1 heterocycles. The fourth-order valence-electron chi connectivity index (χ4n) is 1.59. The van der Waals surface area contributed by atoms with E-state index in [1.54, 1.807) is 16.8 Å². The molecular formula is C13H12ClNO3S2. The normalized spacial score (nSPS) is 11.8. The zero-order chi connectivity index (χ0) is 14.8. The predicted octanol–water partition coefficient (Wildman–Crippen LogP) is 2.90. The summed E-state index contributed by atoms with van der Waals surface area (Å²) in [5, 5.41) is 3.94. The molecule has 0 saturated heterocycles. The second-order valence-corrected chi connectivity index (χ2v) is 7.41. The van der Waals surface area contributed by atoms with Crippen molar-refractivity contribution in [3.05, 3.63) is 51.7 Å². The zero-order valence-electron chi connectivity index (χ0n) is 10.6. The van der Waals surface area contributed by atoms with Crippen molar-refractivity contribution >= 4 is 38.7 Å². The fourth-order valence-corrected chi connectivity index (χ4v) is 3.50. The van der Waals surface area contributed by atoms with Gasteiger partial charge in [0.15, 0.2) is 5.78 Å². The lowest BCUT2D eigenvalue weighted by molar-refractivity contribution is 0.0973. The standard InChI is InChI=1S/C13H12ClNO3S2/c1-15(8-13(16)10-6-7-19-9-10)20(17,18)12-4-2-11(14)3-5-12/h2-7,9H,8H2,1H3. The van der Waals surface area contributed by atoms with Gasteiger partial charge in [-0.05, 0) is 35.7 Å². The first kappa shape index (κ1) is 15.2. The molecule has 106 valence electrons. The molecule has 7 heteroatoms. The van der Waals surface area contributed by atoms with Crippen LogP contribution in [0.5, 0.6) is 0 Å². The third-order valence-corrected chi connectivity index (χ3v) is 5.48. The molecule has 0 unspecified atom stereocenters. The number of hydrogen-bond acceptors (Lipinski definition) is 4. The second kappa shape index (κ2) is 6.05. The molecule has 1 aromatic carbocycles. The SMILES string of the molecule is CN(CC(=O)c1ccsc1)S(=O)(=O)c1ccc(Cl)cc1. The third kappa shape index (κ3) is 3.27. The molecule has 0 atom stereocenters. The molecule has 0 bridgehead atoms. The molecule has 0 aliphatic carbocycles. The number of hydrogen-bond donors (Lipinski definition) is 0. The molecule has 2 rings (SSSR count). The Bertz CT molecular complexity index is 694. The third-order valence-electron chi connectivity index (χ3n) is 2.73. The van der Waals surface area contributed by atoms with Gasteiger partial charge in [-0.3, -0.25) is 4.79 Å². The number of halogens is 1. The Balaban J connectivity index is 2.17. The van der Waals surface area contributed by atoms with Crippen LogP contribution in [0.2, 0.25) is 5.02 Å². The average molecular weight is 330 g/mol. The van der Waals surface area contributed by atoms with Crippen LogP contribution in [0.4, 0.5) is 0 Å². The minimum Gasteiger partial charge on any atom is -0.293 e. The maximum Gasteiger partial charge on any atom is 0.243 e. The molecule has 20 heavy (non-hydrogen) atoms. The summed E-state index contributed by atoms with van der Waals surface area (Å²) >= 11 is 7.13. The molecule has 0 amide bonds. The molecule has 2 aromatic rings. The lowest BCUT2D eigenvalue weighted by Crippen LogP contribution is -2.32. The number of likely N-dealkylation sites (N-methyl/N-ethyl adjacent to an activating group) is 1. The van der Waals surface area contributed by atoms with Gasteiger partial charge in [0.25, 0.3) is 0 Å². The summed E-state index contributed by atoms with van der Waals surface area (Å²) in [7, 11) is -2.30. The summed E-state index contributed by atoms with van der Waals surface area (Å²) in [5.74, 6) is -0.230. The summed E-state index contributed by atoms with van der Waals surface area (Å²) in [6.45, 7) is -0.193. The topological polar surface area (TPSA) is 54.5 Å². The van der Waals surface area contributed by atoms with Crippen molar-refractivity contribution in [1.82, 2.24) is 4.31 Å². The van der Waals surface area contributed by atoms with Crippen molar-refractivity contribution in [2.75, 3.05) is 13.6 Å². The van der Waals surface area contributed by atoms with Crippen molar-refractivity contribution in [2.24, 2.45) is 0 Å². The summed E-state index contributed by atoms with van der Waals surface area (Å²) in [6, 6.07) is 7.52. The molecular weight excluding hydrogens is 318 g/mol. The van der Waals surface area contributed by atoms with Gasteiger partial charge in [0.2, 0.25) is 10.0 Å². The van der Waals surface area contributed by atoms with E-state index >= 15 is 0 Å². The van der Waals surface area contributed by atoms with Crippen LogP contribution in [-0.4, -0.2) is 32.1 Å². The predicted molar refractivity (Wildman–Crippen MR) is 79.9 cm³/mol. The first-order chi connectivity index (χ1) is 9.41. The number of Topliss-reactive ketones (excluding diaryl/α,β-unsaturated/α-hetero) is 1. The van der Waals surface area contributed by atoms with Crippen LogP contribution in [0.3, 0.4) is 0 Å². The van der Waals surface area contributed by atoms with Crippen LogP contribution in [-0.2, 0) is 10.0 Å². The maximum absolute atomic E-state index is 12.3. The van der Waals surface area contributed by atoms with E-state index in [-0.39, 0.29) is 17.2 Å². The monoisotopic (exact) mass is 329 g/mol. The van der Waals surface area contributed by atoms with Crippen LogP contribution >= 0.6 is 22.9 Å². The van der Waals surface area contributed by atoms with Gasteiger partial charge in [-0.1, -0.05) is 11.6 Å². The molecule has 0 saturated carbocycles. The van der Waals surface area contributed by atoms with Gasteiger partial charge in [-0.2, -0.15) is 15.6 Å². The van der Waals surface area contributed by atoms with Gasteiger partial charge in [0, 0.05) is 23.0 Å². The van der Waals surface area contributed by atoms with Gasteiger partial charge >= 0.3 is 0 Å². The minimum absolute atomic E-state index is 0.113. The molecule has 0 aliphatic rings. The highest BCUT2D eigenvalue weighted by atomic mass is 35.5. The van der Waals surface area contributed by atoms with E-state index in [9.17, 15) is 13.2 Å². The molecule has 4 nitrogen and oxygen atoms in total. The lowest BCUT2D eigenvalue weighted by Gasteiger charge is -2.16. The number of thiophene rings is 1. The molecule has 0 radical (unpaired) electrons. The molecule has 0 N–H and O–H groups in total. The number of nitrogens with zero attached hydrogens (tertiary/aromatic N) is 1. The number of rotatable bonds is 5. The number of ketones is 1. The summed E-state index contributed by atoms with van der Waals surface area (Å²) in [6.07, 6.45) is 0. The van der Waals surface area contributed by atoms with Crippen molar-refractivity contribution in [3.63, 3.8) is 0 Å². The fraction of sp³-hybridized carbons (Fsp3) is 0.154. The number of carbonyl (C=O) groups is 1. The van der Waals surface area contributed by atoms with Gasteiger partial charge in [-0.15, -0.1) is 0 Å². The Morgan fingerprint density at radius 3 is 2.45 bits per heavy atom. The highest BCUT2D eigenvalue weighted by Crippen LogP contribution is 2.18. The lowest BCUT2D eigenvalue weighted by atomic mass is 10.2. The van der Waals surface area contributed by atoms with Gasteiger partial charge in [-0.25, -0.2) is 8.42 Å². The molecule has 0 aliphatic heterocycles. The van der Waals surface area contributed by atoms with Crippen molar-refractivity contribution < 1.29 is 13.2 Å². The van der Waals surface area contributed by atoms with Crippen LogP contribution < -0.4 is 0 Å². The van der Waals surface area contributed by atoms with Crippen LogP contribution in [0.25, 0.3) is 0 Å². The Morgan fingerprint density at radius 1 is 1.25 bits per heavy atom. The quantitative estimate of drug-likeness (QED) is 0.792. The van der Waals surface area contributed by atoms with Crippen molar-refractivity contribution in [2.45, 2.75) is 4.90 Å². The van der Waals surface area contributed by atoms with E-state index in [1.165, 1.54) is 42.6 Å². The smallest absolute Gasteiger partial charge is 0.243 e. The van der Waals surface area contributed by atoms with E-state index in [0.29, 0.717) is 10.6 Å². The minimum atomic E-state index is -3.68. The summed E-state index contributed by atoms with van der Waals surface area (Å²) < 4.78 is 25.6. The van der Waals surface area contributed by atoms with E-state index in [4.69, 9.17) is 11.6 Å². The number of benzene rings is 1. The Kier molecular flexibility index (Phi) is 4.59. The van der Waals surface area contributed by atoms with E-state index in [2.05, 4.69) is 0 Å². The summed E-state index contributed by atoms with van der Waals surface area (Å²) in [4.78, 5) is 12.0. The Labute approximate surface area is 126 Å². The molecule has 0 spiro atoms.